The van der Waals surface area contributed by atoms with Crippen molar-refractivity contribution in [3.8, 4) is 5.75 Å². The van der Waals surface area contributed by atoms with E-state index in [2.05, 4.69) is 9.80 Å². The van der Waals surface area contributed by atoms with Gasteiger partial charge in [0.2, 0.25) is 0 Å². The van der Waals surface area contributed by atoms with Crippen LogP contribution in [0.25, 0.3) is 0 Å². The Balaban J connectivity index is 1.83. The quantitative estimate of drug-likeness (QED) is 0.122. The lowest BCUT2D eigenvalue weighted by Gasteiger charge is -2.36. The summed E-state index contributed by atoms with van der Waals surface area (Å²) in [5, 5.41) is 0. The van der Waals surface area contributed by atoms with Gasteiger partial charge in [0.25, 0.3) is 10.1 Å². The number of ether oxygens (including phenoxy) is 7. The highest BCUT2D eigenvalue weighted by Gasteiger charge is 2.33. The highest BCUT2D eigenvalue weighted by molar-refractivity contribution is 7.86. The Bertz CT molecular complexity index is 2510. The topological polar surface area (TPSA) is 236 Å². The minimum atomic E-state index is -4.13. The second kappa shape index (κ2) is 31.4. The zero-order chi connectivity index (χ0) is 66.2. The second-order valence-corrected chi connectivity index (χ2v) is 29.9. The summed E-state index contributed by atoms with van der Waals surface area (Å²) in [5.74, 6) is 0.383. The molecule has 0 saturated carbocycles. The van der Waals surface area contributed by atoms with Crippen molar-refractivity contribution in [2.24, 2.45) is 0 Å². The summed E-state index contributed by atoms with van der Waals surface area (Å²) in [7, 11) is -4.13. The van der Waals surface area contributed by atoms with Crippen molar-refractivity contribution in [2.45, 2.75) is 183 Å². The fraction of sp³-hybridized carbons (Fsp3) is 0.714. The Hall–Kier alpha value is -6.31. The maximum Gasteiger partial charge on any atom is 0.410 e. The average molecular weight is 1260 g/mol. The molecule has 2 aliphatic heterocycles. The maximum absolute atomic E-state index is 14.0. The van der Waals surface area contributed by atoms with E-state index in [-0.39, 0.29) is 136 Å². The van der Waals surface area contributed by atoms with Crippen LogP contribution in [0.4, 0.5) is 28.8 Å². The van der Waals surface area contributed by atoms with E-state index in [4.69, 9.17) is 37.3 Å². The highest BCUT2D eigenvalue weighted by Crippen LogP contribution is 2.24. The van der Waals surface area contributed by atoms with Gasteiger partial charge in [-0.1, -0.05) is 23.8 Å². The molecule has 88 heavy (non-hydrogen) atoms. The van der Waals surface area contributed by atoms with Gasteiger partial charge in [0, 0.05) is 118 Å². The standard InChI is InChI=1S/C63H104N8O16S/c1-47-20-22-51(23-21-47)88(78,79)81-41-40-80-50-43-48(45-64-24-28-66(52(72)82-58(2,3)4)32-36-70(56(76)86-62(14,15)16)37-33-67(29-25-64)53(73)83-59(5,6)7)42-49(44-50)46-65-26-30-68(54(74)84-60(8,9)10)34-38-71(57(77)87-63(17,18)19)39-35-69(31-27-65)55(75)85-61(11,12)13/h20-23,42-44H,24-41,45-46H2,1-19H3. The van der Waals surface area contributed by atoms with Crippen LogP contribution in [0.15, 0.2) is 47.4 Å². The molecule has 0 spiro atoms. The number of carbonyl (C=O) groups is 6. The van der Waals surface area contributed by atoms with Gasteiger partial charge < -0.3 is 62.6 Å². The molecule has 24 nitrogen and oxygen atoms in total. The molecule has 0 unspecified atom stereocenters. The predicted molar refractivity (Wildman–Crippen MR) is 334 cm³/mol. The molecule has 6 amide bonds. The van der Waals surface area contributed by atoms with Crippen molar-refractivity contribution in [2.75, 3.05) is 118 Å². The van der Waals surface area contributed by atoms with Gasteiger partial charge in [0.15, 0.2) is 0 Å². The second-order valence-electron chi connectivity index (χ2n) is 28.3. The summed E-state index contributed by atoms with van der Waals surface area (Å²) in [5.41, 5.74) is -2.59. The van der Waals surface area contributed by atoms with Crippen LogP contribution in [0.1, 0.15) is 141 Å². The number of carbonyl (C=O) groups excluding carboxylic acids is 6. The third kappa shape index (κ3) is 28.5. The molecule has 0 aliphatic carbocycles. The van der Waals surface area contributed by atoms with Crippen molar-refractivity contribution >= 4 is 46.7 Å². The number of nitrogens with zero attached hydrogens (tertiary/aromatic N) is 8. The minimum absolute atomic E-state index is 0.00575. The summed E-state index contributed by atoms with van der Waals surface area (Å²) < 4.78 is 73.5. The molecule has 2 saturated heterocycles. The summed E-state index contributed by atoms with van der Waals surface area (Å²) in [6, 6.07) is 12.0. The normalized spacial score (nSPS) is 16.9. The summed E-state index contributed by atoms with van der Waals surface area (Å²) >= 11 is 0. The van der Waals surface area contributed by atoms with Crippen LogP contribution < -0.4 is 4.74 Å². The molecule has 2 fully saturated rings. The molecule has 0 atom stereocenters. The summed E-state index contributed by atoms with van der Waals surface area (Å²) in [6.45, 7) is 36.2. The zero-order valence-electron chi connectivity index (χ0n) is 56.2. The van der Waals surface area contributed by atoms with Gasteiger partial charge in [-0.3, -0.25) is 14.0 Å². The van der Waals surface area contributed by atoms with E-state index in [0.29, 0.717) is 5.75 Å². The lowest BCUT2D eigenvalue weighted by Crippen LogP contribution is -2.51. The Morgan fingerprint density at radius 1 is 0.364 bits per heavy atom. The van der Waals surface area contributed by atoms with Gasteiger partial charge in [-0.15, -0.1) is 0 Å². The van der Waals surface area contributed by atoms with Crippen molar-refractivity contribution < 1.29 is 74.5 Å². The van der Waals surface area contributed by atoms with Crippen LogP contribution in [0.3, 0.4) is 0 Å². The van der Waals surface area contributed by atoms with E-state index in [1.807, 2.05) is 25.1 Å². The molecular formula is C63H104N8O16S. The predicted octanol–water partition coefficient (Wildman–Crippen LogP) is 9.83. The number of benzene rings is 2. The maximum atomic E-state index is 14.0. The molecule has 25 heteroatoms. The number of amides is 6. The highest BCUT2D eigenvalue weighted by atomic mass is 32.2. The molecule has 498 valence electrons. The van der Waals surface area contributed by atoms with E-state index < -0.39 is 80.3 Å². The van der Waals surface area contributed by atoms with Gasteiger partial charge in [-0.2, -0.15) is 8.42 Å². The number of rotatable bonds is 10. The first-order chi connectivity index (χ1) is 40.4. The molecule has 2 heterocycles. The van der Waals surface area contributed by atoms with Gasteiger partial charge in [0.05, 0.1) is 4.90 Å². The molecule has 0 bridgehead atoms. The Kier molecular flexibility index (Phi) is 26.5. The minimum Gasteiger partial charge on any atom is -0.491 e. The molecule has 0 aromatic heterocycles. The van der Waals surface area contributed by atoms with Gasteiger partial charge in [-0.05, 0) is 167 Å². The largest absolute Gasteiger partial charge is 0.491 e. The lowest BCUT2D eigenvalue weighted by atomic mass is 10.1. The van der Waals surface area contributed by atoms with Gasteiger partial charge in [0.1, 0.15) is 52.6 Å². The fourth-order valence-electron chi connectivity index (χ4n) is 8.87. The Labute approximate surface area is 524 Å². The van der Waals surface area contributed by atoms with E-state index >= 15 is 0 Å². The average Bonchev–Trinajstić information content (AvgIpc) is 3.16. The van der Waals surface area contributed by atoms with E-state index in [9.17, 15) is 37.2 Å². The van der Waals surface area contributed by atoms with Crippen molar-refractivity contribution in [3.05, 3.63) is 59.2 Å². The molecule has 2 aromatic rings. The Morgan fingerprint density at radius 2 is 0.602 bits per heavy atom. The lowest BCUT2D eigenvalue weighted by molar-refractivity contribution is 0.00436. The van der Waals surface area contributed by atoms with Crippen molar-refractivity contribution in [1.82, 2.24) is 39.2 Å². The van der Waals surface area contributed by atoms with E-state index in [1.165, 1.54) is 21.9 Å². The van der Waals surface area contributed by atoms with Crippen LogP contribution >= 0.6 is 0 Å². The number of hydrogen-bond acceptors (Lipinski definition) is 18. The molecular weight excluding hydrogens is 1160 g/mol. The Morgan fingerprint density at radius 3 is 0.841 bits per heavy atom. The van der Waals surface area contributed by atoms with Crippen molar-refractivity contribution in [1.29, 1.82) is 0 Å². The third-order valence-corrected chi connectivity index (χ3v) is 14.3. The monoisotopic (exact) mass is 1260 g/mol. The SMILES string of the molecule is Cc1ccc(S(=O)(=O)OCCOc2cc(CN3CCN(C(=O)OC(C)(C)C)CCN(C(=O)OC(C)(C)C)CCN(C(=O)OC(C)(C)C)CC3)cc(CN3CCN(C(=O)OC(C)(C)C)CCN(C(=O)OC(C)(C)C)CCN(C(=O)OC(C)(C)C)CC3)c2)cc1. The molecule has 2 aliphatic rings. The first-order valence-corrected chi connectivity index (χ1v) is 31.9. The van der Waals surface area contributed by atoms with Crippen LogP contribution in [0, 0.1) is 6.92 Å². The molecule has 0 radical (unpaired) electrons. The number of aryl methyl sites for hydroxylation is 1. The van der Waals surface area contributed by atoms with E-state index in [0.717, 1.165) is 16.7 Å². The van der Waals surface area contributed by atoms with Gasteiger partial charge in [-0.25, -0.2) is 28.8 Å². The first kappa shape index (κ1) is 74.2. The zero-order valence-corrected chi connectivity index (χ0v) is 57.0. The van der Waals surface area contributed by atoms with Crippen LogP contribution in [-0.4, -0.2) is 236 Å². The smallest absolute Gasteiger partial charge is 0.410 e. The fourth-order valence-corrected chi connectivity index (χ4v) is 9.76. The molecule has 4 rings (SSSR count). The van der Waals surface area contributed by atoms with Crippen LogP contribution in [0.2, 0.25) is 0 Å². The van der Waals surface area contributed by atoms with E-state index in [1.54, 1.807) is 156 Å². The molecule has 2 aromatic carbocycles. The van der Waals surface area contributed by atoms with Crippen LogP contribution in [0.5, 0.6) is 5.75 Å². The summed E-state index contributed by atoms with van der Waals surface area (Å²) in [6.07, 6.45) is -3.50. The first-order valence-electron chi connectivity index (χ1n) is 30.5. The van der Waals surface area contributed by atoms with Crippen molar-refractivity contribution in [3.63, 3.8) is 0 Å². The van der Waals surface area contributed by atoms with Crippen LogP contribution in [-0.2, 0) is 55.8 Å². The third-order valence-electron chi connectivity index (χ3n) is 13.0. The molecule has 0 N–H and O–H groups in total. The van der Waals surface area contributed by atoms with Gasteiger partial charge >= 0.3 is 36.6 Å². The summed E-state index contributed by atoms with van der Waals surface area (Å²) in [4.78, 5) is 96.9. The number of hydrogen-bond donors (Lipinski definition) is 0.